The van der Waals surface area contributed by atoms with E-state index < -0.39 is 24.0 Å². The van der Waals surface area contributed by atoms with Gasteiger partial charge in [0.15, 0.2) is 0 Å². The molecule has 0 spiro atoms. The summed E-state index contributed by atoms with van der Waals surface area (Å²) < 4.78 is 10.8. The number of benzene rings is 3. The summed E-state index contributed by atoms with van der Waals surface area (Å²) in [6.07, 6.45) is 0.0437. The smallest absolute Gasteiger partial charge is 0.326 e. The number of aliphatic carboxylic acids is 1. The third-order valence-electron chi connectivity index (χ3n) is 5.92. The third kappa shape index (κ3) is 7.96. The Labute approximate surface area is 217 Å². The molecular weight excluding hydrogens is 472 g/mol. The van der Waals surface area contributed by atoms with Crippen LogP contribution in [-0.2, 0) is 27.4 Å². The number of fused-ring (bicyclic) bond motifs is 1. The first kappa shape index (κ1) is 27.5. The molecule has 196 valence electrons. The molecule has 0 aromatic heterocycles. The van der Waals surface area contributed by atoms with E-state index in [0.29, 0.717) is 17.9 Å². The molecule has 0 aliphatic carbocycles. The Morgan fingerprint density at radius 2 is 1.68 bits per heavy atom. The highest BCUT2D eigenvalue weighted by atomic mass is 16.5. The summed E-state index contributed by atoms with van der Waals surface area (Å²) in [7, 11) is 1.53. The summed E-state index contributed by atoms with van der Waals surface area (Å²) >= 11 is 0. The van der Waals surface area contributed by atoms with Crippen molar-refractivity contribution < 1.29 is 29.0 Å². The van der Waals surface area contributed by atoms with Gasteiger partial charge in [-0.1, -0.05) is 74.5 Å². The van der Waals surface area contributed by atoms with E-state index in [2.05, 4.69) is 5.32 Å². The number of nitrogens with one attached hydrogen (secondary N) is 1. The molecule has 3 aromatic carbocycles. The minimum atomic E-state index is -1.19. The van der Waals surface area contributed by atoms with E-state index >= 15 is 0 Å². The first-order valence-electron chi connectivity index (χ1n) is 12.3. The summed E-state index contributed by atoms with van der Waals surface area (Å²) in [5.41, 5.74) is 1.58. The maximum Gasteiger partial charge on any atom is 0.326 e. The molecule has 0 unspecified atom stereocenters. The van der Waals surface area contributed by atoms with E-state index in [1.54, 1.807) is 6.07 Å². The van der Waals surface area contributed by atoms with Crippen molar-refractivity contribution in [1.82, 2.24) is 10.2 Å². The van der Waals surface area contributed by atoms with Crippen molar-refractivity contribution in [2.24, 2.45) is 5.92 Å². The zero-order valence-electron chi connectivity index (χ0n) is 21.5. The molecule has 1 atom stereocenters. The molecule has 3 rings (SSSR count). The normalized spacial score (nSPS) is 11.7. The van der Waals surface area contributed by atoms with Crippen molar-refractivity contribution >= 4 is 28.7 Å². The highest BCUT2D eigenvalue weighted by Crippen LogP contribution is 2.29. The number of rotatable bonds is 12. The average molecular weight is 507 g/mol. The maximum atomic E-state index is 13.2. The molecule has 2 N–H and O–H groups in total. The molecule has 2 amide bonds. The minimum Gasteiger partial charge on any atom is -0.496 e. The molecule has 0 bridgehead atoms. The largest absolute Gasteiger partial charge is 0.496 e. The predicted molar refractivity (Wildman–Crippen MR) is 141 cm³/mol. The van der Waals surface area contributed by atoms with Crippen molar-refractivity contribution in [2.45, 2.75) is 39.3 Å². The van der Waals surface area contributed by atoms with Gasteiger partial charge in [0.1, 0.15) is 18.4 Å². The molecule has 0 aliphatic rings. The fourth-order valence-corrected chi connectivity index (χ4v) is 4.12. The van der Waals surface area contributed by atoms with E-state index in [0.717, 1.165) is 16.3 Å². The molecule has 8 nitrogen and oxygen atoms in total. The Morgan fingerprint density at radius 1 is 0.973 bits per heavy atom. The molecule has 0 heterocycles. The summed E-state index contributed by atoms with van der Waals surface area (Å²) in [6, 6.07) is 18.9. The highest BCUT2D eigenvalue weighted by molar-refractivity contribution is 5.89. The summed E-state index contributed by atoms with van der Waals surface area (Å²) in [4.78, 5) is 39.1. The Hall–Kier alpha value is -4.07. The Morgan fingerprint density at radius 3 is 2.35 bits per heavy atom. The number of carboxylic acid groups (broad SMARTS) is 1. The number of carbonyl (C=O) groups excluding carboxylic acids is 2. The van der Waals surface area contributed by atoms with Gasteiger partial charge in [0, 0.05) is 25.1 Å². The number of hydrogen-bond acceptors (Lipinski definition) is 5. The number of urea groups is 1. The number of methoxy groups -OCH3 is 1. The predicted octanol–water partition coefficient (Wildman–Crippen LogP) is 4.65. The Balaban J connectivity index is 1.68. The van der Waals surface area contributed by atoms with Gasteiger partial charge in [-0.25, -0.2) is 9.59 Å². The van der Waals surface area contributed by atoms with Crippen LogP contribution in [0.5, 0.6) is 5.75 Å². The minimum absolute atomic E-state index is 0.00184. The molecule has 0 radical (unpaired) electrons. The van der Waals surface area contributed by atoms with Crippen molar-refractivity contribution in [3.8, 4) is 5.75 Å². The van der Waals surface area contributed by atoms with Crippen LogP contribution in [0.4, 0.5) is 4.79 Å². The Kier molecular flexibility index (Phi) is 9.89. The van der Waals surface area contributed by atoms with E-state index in [9.17, 15) is 19.5 Å². The van der Waals surface area contributed by atoms with Gasteiger partial charge in [0.2, 0.25) is 0 Å². The van der Waals surface area contributed by atoms with Crippen molar-refractivity contribution in [2.75, 3.05) is 20.2 Å². The SMILES string of the molecule is COc1ccc2ccccc2c1C[C@H](NC(=O)N(CCC(=O)OCc1ccccc1)CC(C)C)C(=O)O. The number of nitrogens with zero attached hydrogens (tertiary/aromatic N) is 1. The number of hydrogen-bond donors (Lipinski definition) is 2. The van der Waals surface area contributed by atoms with E-state index in [-0.39, 0.29) is 31.9 Å². The number of esters is 1. The lowest BCUT2D eigenvalue weighted by Crippen LogP contribution is -2.50. The third-order valence-corrected chi connectivity index (χ3v) is 5.92. The summed E-state index contributed by atoms with van der Waals surface area (Å²) in [6.45, 7) is 4.53. The van der Waals surface area contributed by atoms with Gasteiger partial charge in [0.05, 0.1) is 13.5 Å². The fourth-order valence-electron chi connectivity index (χ4n) is 4.12. The molecular formula is C29H34N2O6. The Bertz CT molecular complexity index is 1210. The lowest BCUT2D eigenvalue weighted by Gasteiger charge is -2.27. The van der Waals surface area contributed by atoms with E-state index in [1.165, 1.54) is 12.0 Å². The van der Waals surface area contributed by atoms with Gasteiger partial charge < -0.3 is 24.8 Å². The van der Waals surface area contributed by atoms with Crippen LogP contribution in [-0.4, -0.2) is 54.2 Å². The van der Waals surface area contributed by atoms with Gasteiger partial charge in [-0.3, -0.25) is 4.79 Å². The van der Waals surface area contributed by atoms with Crippen molar-refractivity contribution in [3.63, 3.8) is 0 Å². The van der Waals surface area contributed by atoms with Crippen LogP contribution in [0.2, 0.25) is 0 Å². The molecule has 0 saturated carbocycles. The van der Waals surface area contributed by atoms with Gasteiger partial charge in [-0.2, -0.15) is 0 Å². The van der Waals surface area contributed by atoms with E-state index in [1.807, 2.05) is 74.5 Å². The quantitative estimate of drug-likeness (QED) is 0.347. The standard InChI is InChI=1S/C29H34N2O6/c1-20(2)18-31(16-15-27(32)37-19-21-9-5-4-6-10-21)29(35)30-25(28(33)34)17-24-23-12-8-7-11-22(23)13-14-26(24)36-3/h4-14,20,25H,15-19H2,1-3H3,(H,30,35)(H,33,34)/t25-/m0/s1. The van der Waals surface area contributed by atoms with Gasteiger partial charge >= 0.3 is 18.0 Å². The topological polar surface area (TPSA) is 105 Å². The zero-order chi connectivity index (χ0) is 26.8. The first-order valence-corrected chi connectivity index (χ1v) is 12.3. The van der Waals surface area contributed by atoms with E-state index in [4.69, 9.17) is 9.47 Å². The van der Waals surface area contributed by atoms with Crippen molar-refractivity contribution in [3.05, 3.63) is 77.9 Å². The number of ether oxygens (including phenoxy) is 2. The average Bonchev–Trinajstić information content (AvgIpc) is 2.89. The fraction of sp³-hybridized carbons (Fsp3) is 0.345. The van der Waals surface area contributed by atoms with Crippen molar-refractivity contribution in [1.29, 1.82) is 0 Å². The van der Waals surface area contributed by atoms with Crippen LogP contribution in [0.3, 0.4) is 0 Å². The highest BCUT2D eigenvalue weighted by Gasteiger charge is 2.26. The zero-order valence-corrected chi connectivity index (χ0v) is 21.5. The molecule has 37 heavy (non-hydrogen) atoms. The van der Waals surface area contributed by atoms with Crippen LogP contribution >= 0.6 is 0 Å². The molecule has 0 aliphatic heterocycles. The van der Waals surface area contributed by atoms with Crippen LogP contribution in [0.15, 0.2) is 66.7 Å². The second-order valence-corrected chi connectivity index (χ2v) is 9.25. The van der Waals surface area contributed by atoms with Crippen LogP contribution in [0, 0.1) is 5.92 Å². The van der Waals surface area contributed by atoms with Gasteiger partial charge in [0.25, 0.3) is 0 Å². The van der Waals surface area contributed by atoms with Crippen LogP contribution in [0.1, 0.15) is 31.4 Å². The monoisotopic (exact) mass is 506 g/mol. The first-order chi connectivity index (χ1) is 17.8. The lowest BCUT2D eigenvalue weighted by molar-refractivity contribution is -0.145. The summed E-state index contributed by atoms with van der Waals surface area (Å²) in [5, 5.41) is 14.4. The molecule has 0 fully saturated rings. The maximum absolute atomic E-state index is 13.2. The number of amides is 2. The number of carbonyl (C=O) groups is 3. The molecule has 0 saturated heterocycles. The number of carboxylic acids is 1. The van der Waals surface area contributed by atoms with Gasteiger partial charge in [-0.05, 0) is 28.3 Å². The lowest BCUT2D eigenvalue weighted by atomic mass is 9.97. The molecule has 8 heteroatoms. The van der Waals surface area contributed by atoms with Crippen LogP contribution < -0.4 is 10.1 Å². The second-order valence-electron chi connectivity index (χ2n) is 9.25. The van der Waals surface area contributed by atoms with Crippen LogP contribution in [0.25, 0.3) is 10.8 Å². The summed E-state index contributed by atoms with van der Waals surface area (Å²) in [5.74, 6) is -0.914. The van der Waals surface area contributed by atoms with Gasteiger partial charge in [-0.15, -0.1) is 0 Å². The second kappa shape index (κ2) is 13.3. The molecule has 3 aromatic rings.